The Labute approximate surface area is 146 Å². The molecule has 0 spiro atoms. The van der Waals surface area contributed by atoms with E-state index in [1.54, 1.807) is 6.92 Å². The molecule has 0 fully saturated rings. The molecular weight excluding hydrogens is 352 g/mol. The Morgan fingerprint density at radius 2 is 1.46 bits per heavy atom. The fourth-order valence-corrected chi connectivity index (χ4v) is 1.36. The first-order chi connectivity index (χ1) is 12.2. The molecule has 26 heavy (non-hydrogen) atoms. The number of hydrogen-bond acceptors (Lipinski definition) is 9. The van der Waals surface area contributed by atoms with Crippen molar-refractivity contribution in [2.24, 2.45) is 0 Å². The van der Waals surface area contributed by atoms with Crippen LogP contribution in [0, 0.1) is 0 Å². The molecule has 0 unspecified atom stereocenters. The van der Waals surface area contributed by atoms with Gasteiger partial charge in [0.25, 0.3) is 0 Å². The van der Waals surface area contributed by atoms with Gasteiger partial charge >= 0.3 is 24.0 Å². The summed E-state index contributed by atoms with van der Waals surface area (Å²) in [6, 6.07) is -0.125. The van der Waals surface area contributed by atoms with Crippen molar-refractivity contribution in [1.29, 1.82) is 0 Å². The van der Waals surface area contributed by atoms with Gasteiger partial charge in [0.05, 0.1) is 6.61 Å². The van der Waals surface area contributed by atoms with E-state index in [1.165, 1.54) is 13.8 Å². The molecule has 0 bridgehead atoms. The zero-order chi connectivity index (χ0) is 19.7. The number of amides is 2. The van der Waals surface area contributed by atoms with Gasteiger partial charge in [-0.15, -0.1) is 0 Å². The van der Waals surface area contributed by atoms with E-state index in [1.807, 2.05) is 0 Å². The molecule has 2 aromatic heterocycles. The van der Waals surface area contributed by atoms with Crippen LogP contribution in [0.5, 0.6) is 0 Å². The van der Waals surface area contributed by atoms with Crippen LogP contribution in [-0.4, -0.2) is 45.4 Å². The van der Waals surface area contributed by atoms with Crippen LogP contribution in [0.1, 0.15) is 41.7 Å². The molecule has 12 nitrogen and oxygen atoms in total. The standard InChI is InChI=1S/C8H10N2O4.C6H6N2O4/c1-3-13-7(12)6-4-14-8(10-6)9-5(2)11;1-3(9)7-6-8-4(2-12-6)5(10)11/h4H,3H2,1-2H3,(H,9,10,11);2H,1H3,(H,10,11)(H,7,8,9). The molecule has 12 heteroatoms. The van der Waals surface area contributed by atoms with Crippen molar-refractivity contribution in [3.05, 3.63) is 23.9 Å². The maximum Gasteiger partial charge on any atom is 0.360 e. The van der Waals surface area contributed by atoms with E-state index < -0.39 is 11.9 Å². The Kier molecular flexibility index (Phi) is 7.48. The zero-order valence-corrected chi connectivity index (χ0v) is 14.1. The van der Waals surface area contributed by atoms with Gasteiger partial charge < -0.3 is 18.7 Å². The Bertz CT molecular complexity index is 794. The summed E-state index contributed by atoms with van der Waals surface area (Å²) < 4.78 is 14.1. The topological polar surface area (TPSA) is 174 Å². The van der Waals surface area contributed by atoms with Gasteiger partial charge in [-0.3, -0.25) is 20.2 Å². The largest absolute Gasteiger partial charge is 0.476 e. The number of ether oxygens (including phenoxy) is 1. The van der Waals surface area contributed by atoms with Crippen molar-refractivity contribution in [2.75, 3.05) is 17.2 Å². The first kappa shape index (κ1) is 20.3. The molecule has 0 aliphatic heterocycles. The third-order valence-electron chi connectivity index (χ3n) is 2.28. The van der Waals surface area contributed by atoms with Crippen molar-refractivity contribution in [2.45, 2.75) is 20.8 Å². The molecule has 140 valence electrons. The number of carboxylic acid groups (broad SMARTS) is 1. The van der Waals surface area contributed by atoms with E-state index in [0.29, 0.717) is 0 Å². The maximum atomic E-state index is 11.1. The zero-order valence-electron chi connectivity index (χ0n) is 14.1. The van der Waals surface area contributed by atoms with E-state index in [4.69, 9.17) is 9.52 Å². The highest BCUT2D eigenvalue weighted by molar-refractivity contribution is 5.90. The molecular formula is C14H16N4O8. The van der Waals surface area contributed by atoms with E-state index in [9.17, 15) is 19.2 Å². The second kappa shape index (κ2) is 9.56. The lowest BCUT2D eigenvalue weighted by Crippen LogP contribution is -2.08. The van der Waals surface area contributed by atoms with Gasteiger partial charge in [-0.25, -0.2) is 9.59 Å². The number of nitrogens with one attached hydrogen (secondary N) is 2. The van der Waals surface area contributed by atoms with Crippen molar-refractivity contribution >= 4 is 35.8 Å². The van der Waals surface area contributed by atoms with Crippen molar-refractivity contribution in [3.63, 3.8) is 0 Å². The van der Waals surface area contributed by atoms with Crippen LogP contribution in [0.2, 0.25) is 0 Å². The predicted molar refractivity (Wildman–Crippen MR) is 84.5 cm³/mol. The third kappa shape index (κ3) is 6.82. The van der Waals surface area contributed by atoms with Crippen molar-refractivity contribution in [1.82, 2.24) is 9.97 Å². The lowest BCUT2D eigenvalue weighted by Gasteiger charge is -1.95. The Morgan fingerprint density at radius 1 is 1.00 bits per heavy atom. The van der Waals surface area contributed by atoms with E-state index in [-0.39, 0.29) is 41.8 Å². The highest BCUT2D eigenvalue weighted by atomic mass is 16.5. The molecule has 2 amide bonds. The number of carboxylic acids is 1. The van der Waals surface area contributed by atoms with Crippen LogP contribution in [0.3, 0.4) is 0 Å². The summed E-state index contributed by atoms with van der Waals surface area (Å²) in [4.78, 5) is 49.5. The normalized spacial score (nSPS) is 9.50. The second-order valence-corrected chi connectivity index (χ2v) is 4.46. The smallest absolute Gasteiger partial charge is 0.360 e. The van der Waals surface area contributed by atoms with Gasteiger partial charge in [0, 0.05) is 13.8 Å². The number of anilines is 2. The first-order valence-electron chi connectivity index (χ1n) is 7.09. The van der Waals surface area contributed by atoms with Crippen molar-refractivity contribution < 1.29 is 37.9 Å². The summed E-state index contributed by atoms with van der Waals surface area (Å²) in [6.45, 7) is 4.53. The van der Waals surface area contributed by atoms with Crippen LogP contribution >= 0.6 is 0 Å². The average molecular weight is 368 g/mol. The lowest BCUT2D eigenvalue weighted by atomic mass is 10.5. The summed E-state index contributed by atoms with van der Waals surface area (Å²) in [5.41, 5.74) is -0.200. The van der Waals surface area contributed by atoms with E-state index >= 15 is 0 Å². The first-order valence-corrected chi connectivity index (χ1v) is 7.09. The summed E-state index contributed by atoms with van der Waals surface area (Å²) >= 11 is 0. The molecule has 0 aliphatic carbocycles. The number of hydrogen-bond donors (Lipinski definition) is 3. The summed E-state index contributed by atoms with van der Waals surface area (Å²) in [7, 11) is 0. The molecule has 2 heterocycles. The Hall–Kier alpha value is -3.70. The lowest BCUT2D eigenvalue weighted by molar-refractivity contribution is -0.115. The van der Waals surface area contributed by atoms with E-state index in [0.717, 1.165) is 12.5 Å². The predicted octanol–water partition coefficient (Wildman–Crippen LogP) is 1.14. The molecule has 0 saturated carbocycles. The maximum absolute atomic E-state index is 11.1. The molecule has 0 atom stereocenters. The Balaban J connectivity index is 0.000000263. The average Bonchev–Trinajstić information content (AvgIpc) is 3.16. The monoisotopic (exact) mass is 368 g/mol. The van der Waals surface area contributed by atoms with Gasteiger partial charge in [-0.1, -0.05) is 0 Å². The number of oxazole rings is 2. The van der Waals surface area contributed by atoms with Gasteiger partial charge in [-0.2, -0.15) is 9.97 Å². The number of carbonyl (C=O) groups is 4. The number of rotatable bonds is 5. The fraction of sp³-hybridized carbons (Fsp3) is 0.286. The minimum atomic E-state index is -1.20. The van der Waals surface area contributed by atoms with Gasteiger partial charge in [0.15, 0.2) is 11.4 Å². The van der Waals surface area contributed by atoms with Crippen LogP contribution in [0.4, 0.5) is 12.0 Å². The summed E-state index contributed by atoms with van der Waals surface area (Å²) in [6.07, 6.45) is 2.08. The molecule has 3 N–H and O–H groups in total. The van der Waals surface area contributed by atoms with Crippen LogP contribution in [0.15, 0.2) is 21.4 Å². The van der Waals surface area contributed by atoms with Crippen LogP contribution in [0.25, 0.3) is 0 Å². The number of nitrogens with zero attached hydrogens (tertiary/aromatic N) is 2. The molecule has 0 saturated heterocycles. The summed E-state index contributed by atoms with van der Waals surface area (Å²) in [5, 5.41) is 12.9. The SMILES string of the molecule is CC(=O)Nc1nc(C(=O)O)co1.CCOC(=O)c1coc(NC(C)=O)n1. The van der Waals surface area contributed by atoms with Crippen LogP contribution in [-0.2, 0) is 14.3 Å². The van der Waals surface area contributed by atoms with Gasteiger partial charge in [0.2, 0.25) is 11.8 Å². The molecule has 0 aliphatic rings. The third-order valence-corrected chi connectivity index (χ3v) is 2.28. The number of aromatic carboxylic acids is 1. The van der Waals surface area contributed by atoms with Crippen LogP contribution < -0.4 is 10.6 Å². The van der Waals surface area contributed by atoms with Gasteiger partial charge in [0.1, 0.15) is 12.5 Å². The van der Waals surface area contributed by atoms with Gasteiger partial charge in [-0.05, 0) is 6.92 Å². The molecule has 0 aromatic carbocycles. The number of esters is 1. The number of carbonyl (C=O) groups excluding carboxylic acids is 3. The highest BCUT2D eigenvalue weighted by Crippen LogP contribution is 2.08. The van der Waals surface area contributed by atoms with Crippen molar-refractivity contribution in [3.8, 4) is 0 Å². The minimum Gasteiger partial charge on any atom is -0.476 e. The Morgan fingerprint density at radius 3 is 1.85 bits per heavy atom. The molecule has 0 radical (unpaired) electrons. The van der Waals surface area contributed by atoms with E-state index in [2.05, 4.69) is 29.8 Å². The molecule has 2 aromatic rings. The minimum absolute atomic E-state index is 0.0134. The fourth-order valence-electron chi connectivity index (χ4n) is 1.36. The summed E-state index contributed by atoms with van der Waals surface area (Å²) in [5.74, 6) is -2.46. The number of aromatic nitrogens is 2. The quantitative estimate of drug-likeness (QED) is 0.649. The highest BCUT2D eigenvalue weighted by Gasteiger charge is 2.13. The molecule has 2 rings (SSSR count). The second-order valence-electron chi connectivity index (χ2n) is 4.46.